The highest BCUT2D eigenvalue weighted by atomic mass is 28.4. The van der Waals surface area contributed by atoms with Crippen LogP contribution in [0.5, 0.6) is 5.75 Å². The molecule has 0 unspecified atom stereocenters. The molecule has 0 bridgehead atoms. The zero-order valence-corrected chi connectivity index (χ0v) is 10.4. The summed E-state index contributed by atoms with van der Waals surface area (Å²) in [6, 6.07) is 7.52. The summed E-state index contributed by atoms with van der Waals surface area (Å²) >= 11 is 0. The SMILES string of the molecule is COc1cccc([Si](OC)(OC)OC)c1. The summed E-state index contributed by atoms with van der Waals surface area (Å²) in [4.78, 5) is 0. The molecule has 1 aromatic rings. The molecule has 0 aliphatic carbocycles. The van der Waals surface area contributed by atoms with Crippen LogP contribution in [0.4, 0.5) is 0 Å². The minimum atomic E-state index is -2.72. The molecule has 0 saturated carbocycles. The van der Waals surface area contributed by atoms with Gasteiger partial charge in [0.05, 0.1) is 7.11 Å². The second-order valence-electron chi connectivity index (χ2n) is 2.90. The smallest absolute Gasteiger partial charge is 0.497 e. The van der Waals surface area contributed by atoms with E-state index in [0.29, 0.717) is 0 Å². The van der Waals surface area contributed by atoms with Gasteiger partial charge < -0.3 is 18.0 Å². The second kappa shape index (κ2) is 5.27. The van der Waals surface area contributed by atoms with Crippen LogP contribution in [0.2, 0.25) is 0 Å². The minimum Gasteiger partial charge on any atom is -0.497 e. The Hall–Kier alpha value is -0.883. The molecule has 0 aliphatic heterocycles. The Balaban J connectivity index is 3.10. The van der Waals surface area contributed by atoms with Gasteiger partial charge >= 0.3 is 8.80 Å². The molecule has 0 fully saturated rings. The first-order chi connectivity index (χ1) is 7.22. The lowest BCUT2D eigenvalue weighted by atomic mass is 10.3. The molecule has 5 heteroatoms. The van der Waals surface area contributed by atoms with Crippen LogP contribution in [0.3, 0.4) is 0 Å². The van der Waals surface area contributed by atoms with Gasteiger partial charge in [-0.15, -0.1) is 0 Å². The van der Waals surface area contributed by atoms with Crippen molar-refractivity contribution in [2.45, 2.75) is 0 Å². The Morgan fingerprint density at radius 2 is 1.53 bits per heavy atom. The monoisotopic (exact) mass is 228 g/mol. The second-order valence-corrected chi connectivity index (χ2v) is 5.81. The van der Waals surface area contributed by atoms with Crippen LogP contribution in [0.1, 0.15) is 0 Å². The number of ether oxygens (including phenoxy) is 1. The normalized spacial score (nSPS) is 11.5. The summed E-state index contributed by atoms with van der Waals surface area (Å²) < 4.78 is 21.2. The predicted molar refractivity (Wildman–Crippen MR) is 59.4 cm³/mol. The van der Waals surface area contributed by atoms with E-state index in [1.165, 1.54) is 0 Å². The third kappa shape index (κ3) is 2.38. The predicted octanol–water partition coefficient (Wildman–Crippen LogP) is 0.780. The quantitative estimate of drug-likeness (QED) is 0.698. The van der Waals surface area contributed by atoms with Gasteiger partial charge in [-0.2, -0.15) is 0 Å². The number of methoxy groups -OCH3 is 1. The molecule has 1 aromatic carbocycles. The summed E-state index contributed by atoms with van der Waals surface area (Å²) in [6.07, 6.45) is 0. The van der Waals surface area contributed by atoms with Crippen LogP contribution in [-0.4, -0.2) is 37.2 Å². The van der Waals surface area contributed by atoms with Crippen molar-refractivity contribution >= 4 is 14.0 Å². The maximum Gasteiger partial charge on any atom is 0.536 e. The highest BCUT2D eigenvalue weighted by Crippen LogP contribution is 2.12. The third-order valence-corrected chi connectivity index (χ3v) is 4.86. The average molecular weight is 228 g/mol. The van der Waals surface area contributed by atoms with Gasteiger partial charge in [0.1, 0.15) is 5.75 Å². The van der Waals surface area contributed by atoms with Gasteiger partial charge in [-0.05, 0) is 12.1 Å². The molecule has 84 valence electrons. The van der Waals surface area contributed by atoms with E-state index in [-0.39, 0.29) is 0 Å². The van der Waals surface area contributed by atoms with Crippen molar-refractivity contribution in [3.05, 3.63) is 24.3 Å². The van der Waals surface area contributed by atoms with Gasteiger partial charge in [-0.1, -0.05) is 12.1 Å². The van der Waals surface area contributed by atoms with Crippen molar-refractivity contribution < 1.29 is 18.0 Å². The summed E-state index contributed by atoms with van der Waals surface area (Å²) in [5.74, 6) is 0.760. The zero-order valence-electron chi connectivity index (χ0n) is 9.44. The molecular formula is C10H16O4Si. The van der Waals surface area contributed by atoms with E-state index in [1.54, 1.807) is 28.4 Å². The van der Waals surface area contributed by atoms with E-state index in [9.17, 15) is 0 Å². The summed E-state index contributed by atoms with van der Waals surface area (Å²) in [7, 11) is 3.64. The van der Waals surface area contributed by atoms with Gasteiger partial charge in [0.2, 0.25) is 0 Å². The molecular weight excluding hydrogens is 212 g/mol. The molecule has 0 N–H and O–H groups in total. The van der Waals surface area contributed by atoms with Gasteiger partial charge in [-0.3, -0.25) is 0 Å². The molecule has 15 heavy (non-hydrogen) atoms. The Kier molecular flexibility index (Phi) is 4.28. The zero-order chi connectivity index (χ0) is 11.3. The van der Waals surface area contributed by atoms with E-state index < -0.39 is 8.80 Å². The van der Waals surface area contributed by atoms with Crippen LogP contribution < -0.4 is 9.92 Å². The lowest BCUT2D eigenvalue weighted by Crippen LogP contribution is -2.54. The fraction of sp³-hybridized carbons (Fsp3) is 0.400. The van der Waals surface area contributed by atoms with E-state index in [0.717, 1.165) is 10.9 Å². The van der Waals surface area contributed by atoms with Crippen molar-refractivity contribution in [3.8, 4) is 5.75 Å². The number of rotatable bonds is 5. The van der Waals surface area contributed by atoms with Crippen LogP contribution in [-0.2, 0) is 13.3 Å². The molecule has 0 radical (unpaired) electrons. The lowest BCUT2D eigenvalue weighted by Gasteiger charge is -2.24. The van der Waals surface area contributed by atoms with E-state index in [1.807, 2.05) is 24.3 Å². The van der Waals surface area contributed by atoms with Gasteiger partial charge in [-0.25, -0.2) is 0 Å². The maximum atomic E-state index is 5.36. The van der Waals surface area contributed by atoms with Crippen LogP contribution in [0.25, 0.3) is 0 Å². The first kappa shape index (κ1) is 12.2. The van der Waals surface area contributed by atoms with E-state index >= 15 is 0 Å². The number of hydrogen-bond donors (Lipinski definition) is 0. The van der Waals surface area contributed by atoms with Crippen molar-refractivity contribution in [2.24, 2.45) is 0 Å². The van der Waals surface area contributed by atoms with E-state index in [2.05, 4.69) is 0 Å². The van der Waals surface area contributed by atoms with E-state index in [4.69, 9.17) is 18.0 Å². The van der Waals surface area contributed by atoms with Gasteiger partial charge in [0, 0.05) is 26.5 Å². The fourth-order valence-electron chi connectivity index (χ4n) is 1.42. The highest BCUT2D eigenvalue weighted by molar-refractivity contribution is 6.75. The fourth-order valence-corrected chi connectivity index (χ4v) is 3.24. The topological polar surface area (TPSA) is 36.9 Å². The molecule has 0 spiro atoms. The Bertz CT molecular complexity index is 304. The van der Waals surface area contributed by atoms with Crippen LogP contribution in [0.15, 0.2) is 24.3 Å². The highest BCUT2D eigenvalue weighted by Gasteiger charge is 2.40. The first-order valence-corrected chi connectivity index (χ1v) is 6.25. The van der Waals surface area contributed by atoms with Gasteiger partial charge in [0.15, 0.2) is 0 Å². The molecule has 0 heterocycles. The molecule has 1 rings (SSSR count). The molecule has 0 atom stereocenters. The lowest BCUT2D eigenvalue weighted by molar-refractivity contribution is 0.140. The Morgan fingerprint density at radius 1 is 0.933 bits per heavy atom. The van der Waals surface area contributed by atoms with Crippen molar-refractivity contribution in [1.82, 2.24) is 0 Å². The molecule has 0 saturated heterocycles. The minimum absolute atomic E-state index is 0.760. The number of benzene rings is 1. The standard InChI is InChI=1S/C10H16O4Si/c1-11-9-6-5-7-10(8-9)15(12-2,13-3)14-4/h5-8H,1-4H3. The van der Waals surface area contributed by atoms with Crippen molar-refractivity contribution in [1.29, 1.82) is 0 Å². The summed E-state index contributed by atoms with van der Waals surface area (Å²) in [5, 5.41) is 0.884. The first-order valence-electron chi connectivity index (χ1n) is 4.52. The van der Waals surface area contributed by atoms with Crippen LogP contribution >= 0.6 is 0 Å². The van der Waals surface area contributed by atoms with Gasteiger partial charge in [0.25, 0.3) is 0 Å². The van der Waals surface area contributed by atoms with Crippen molar-refractivity contribution in [2.75, 3.05) is 28.4 Å². The third-order valence-electron chi connectivity index (χ3n) is 2.23. The Morgan fingerprint density at radius 3 is 2.00 bits per heavy atom. The van der Waals surface area contributed by atoms with Crippen molar-refractivity contribution in [3.63, 3.8) is 0 Å². The average Bonchev–Trinajstić information content (AvgIpc) is 2.32. The molecule has 0 amide bonds. The molecule has 4 nitrogen and oxygen atoms in total. The number of hydrogen-bond acceptors (Lipinski definition) is 4. The largest absolute Gasteiger partial charge is 0.536 e. The maximum absolute atomic E-state index is 5.36. The molecule has 0 aliphatic rings. The molecule has 0 aromatic heterocycles. The Labute approximate surface area is 91.1 Å². The summed E-state index contributed by atoms with van der Waals surface area (Å²) in [6.45, 7) is 0. The summed E-state index contributed by atoms with van der Waals surface area (Å²) in [5.41, 5.74) is 0. The van der Waals surface area contributed by atoms with Crippen LogP contribution in [0, 0.1) is 0 Å².